The van der Waals surface area contributed by atoms with Crippen molar-refractivity contribution in [3.05, 3.63) is 29.8 Å². The first-order chi connectivity index (χ1) is 9.77. The minimum atomic E-state index is -0.426. The summed E-state index contributed by atoms with van der Waals surface area (Å²) in [5, 5.41) is 7.00. The molecule has 5 heteroatoms. The van der Waals surface area contributed by atoms with Crippen LogP contribution in [0.15, 0.2) is 29.4 Å². The molecule has 1 aromatic rings. The number of carbonyl (C=O) groups excluding carboxylic acids is 2. The fourth-order valence-corrected chi connectivity index (χ4v) is 2.05. The highest BCUT2D eigenvalue weighted by Gasteiger charge is 2.23. The summed E-state index contributed by atoms with van der Waals surface area (Å²) in [5.41, 5.74) is 4.66. The Hall–Kier alpha value is -2.17. The van der Waals surface area contributed by atoms with E-state index < -0.39 is 5.41 Å². The van der Waals surface area contributed by atoms with Gasteiger partial charge in [-0.3, -0.25) is 9.59 Å². The van der Waals surface area contributed by atoms with Gasteiger partial charge in [0.25, 0.3) is 0 Å². The first kappa shape index (κ1) is 15.2. The Kier molecular flexibility index (Phi) is 4.11. The van der Waals surface area contributed by atoms with Gasteiger partial charge in [-0.2, -0.15) is 5.10 Å². The van der Waals surface area contributed by atoms with Crippen LogP contribution in [0.3, 0.4) is 0 Å². The van der Waals surface area contributed by atoms with Crippen molar-refractivity contribution in [2.75, 3.05) is 5.32 Å². The van der Waals surface area contributed by atoms with Crippen molar-refractivity contribution in [1.82, 2.24) is 5.43 Å². The molecule has 21 heavy (non-hydrogen) atoms. The Bertz CT molecular complexity index is 583. The van der Waals surface area contributed by atoms with E-state index in [0.29, 0.717) is 6.42 Å². The predicted octanol–water partition coefficient (Wildman–Crippen LogP) is 2.53. The molecule has 0 spiro atoms. The van der Waals surface area contributed by atoms with Crippen molar-refractivity contribution in [2.45, 2.75) is 34.1 Å². The number of hydrazone groups is 1. The lowest BCUT2D eigenvalue weighted by molar-refractivity contribution is -0.123. The molecular formula is C16H21N3O2. The second kappa shape index (κ2) is 5.68. The average Bonchev–Trinajstić information content (AvgIpc) is 2.39. The average molecular weight is 287 g/mol. The smallest absolute Gasteiger partial charge is 0.240 e. The zero-order valence-corrected chi connectivity index (χ0v) is 12.9. The van der Waals surface area contributed by atoms with Crippen molar-refractivity contribution < 1.29 is 9.59 Å². The Morgan fingerprint density at radius 2 is 1.90 bits per heavy atom. The van der Waals surface area contributed by atoms with Gasteiger partial charge in [-0.25, -0.2) is 5.43 Å². The van der Waals surface area contributed by atoms with E-state index in [0.717, 1.165) is 17.0 Å². The molecule has 1 heterocycles. The van der Waals surface area contributed by atoms with Crippen LogP contribution in [-0.4, -0.2) is 17.5 Å². The van der Waals surface area contributed by atoms with E-state index in [1.54, 1.807) is 0 Å². The Labute approximate surface area is 124 Å². The predicted molar refractivity (Wildman–Crippen MR) is 83.0 cm³/mol. The first-order valence-corrected chi connectivity index (χ1v) is 7.05. The van der Waals surface area contributed by atoms with E-state index in [2.05, 4.69) is 15.8 Å². The van der Waals surface area contributed by atoms with Crippen molar-refractivity contribution in [2.24, 2.45) is 16.4 Å². The fraction of sp³-hybridized carbons (Fsp3) is 0.438. The summed E-state index contributed by atoms with van der Waals surface area (Å²) in [6, 6.07) is 7.52. The van der Waals surface area contributed by atoms with Crippen LogP contribution in [0, 0.1) is 11.3 Å². The van der Waals surface area contributed by atoms with E-state index >= 15 is 0 Å². The van der Waals surface area contributed by atoms with Crippen LogP contribution >= 0.6 is 0 Å². The maximum Gasteiger partial charge on any atom is 0.240 e. The lowest BCUT2D eigenvalue weighted by Gasteiger charge is -2.20. The first-order valence-electron chi connectivity index (χ1n) is 7.05. The summed E-state index contributed by atoms with van der Waals surface area (Å²) in [5.74, 6) is 0.0139. The lowest BCUT2D eigenvalue weighted by Crippen LogP contribution is -2.32. The summed E-state index contributed by atoms with van der Waals surface area (Å²) in [6.07, 6.45) is 0.446. The van der Waals surface area contributed by atoms with Crippen molar-refractivity contribution in [3.8, 4) is 0 Å². The van der Waals surface area contributed by atoms with Crippen molar-refractivity contribution in [1.29, 1.82) is 0 Å². The molecule has 2 amide bonds. The molecule has 2 N–H and O–H groups in total. The van der Waals surface area contributed by atoms with Crippen LogP contribution in [0.2, 0.25) is 0 Å². The van der Waals surface area contributed by atoms with Gasteiger partial charge in [0.05, 0.1) is 5.71 Å². The zero-order valence-electron chi connectivity index (χ0n) is 12.9. The molecule has 1 aliphatic heterocycles. The summed E-state index contributed by atoms with van der Waals surface area (Å²) in [6.45, 7) is 7.60. The van der Waals surface area contributed by atoms with Crippen LogP contribution < -0.4 is 10.7 Å². The van der Waals surface area contributed by atoms with Gasteiger partial charge in [-0.15, -0.1) is 0 Å². The van der Waals surface area contributed by atoms with Crippen LogP contribution in [-0.2, 0) is 9.59 Å². The number of anilines is 1. The molecule has 0 saturated heterocycles. The topological polar surface area (TPSA) is 70.6 Å². The van der Waals surface area contributed by atoms with Gasteiger partial charge in [-0.05, 0) is 17.7 Å². The second-order valence-corrected chi connectivity index (χ2v) is 6.42. The highest BCUT2D eigenvalue weighted by atomic mass is 16.2. The number of hydrogen-bond donors (Lipinski definition) is 2. The number of hydrogen-bond acceptors (Lipinski definition) is 3. The standard InChI is InChI=1S/C16H21N3O2/c1-10-9-13(20)18-19-14(10)11-5-7-12(8-6-11)17-15(21)16(2,3)4/h5-8,10H,9H2,1-4H3,(H,17,21)(H,18,20). The maximum absolute atomic E-state index is 11.9. The highest BCUT2D eigenvalue weighted by Crippen LogP contribution is 2.20. The van der Waals surface area contributed by atoms with Gasteiger partial charge < -0.3 is 5.32 Å². The van der Waals surface area contributed by atoms with E-state index in [1.807, 2.05) is 52.0 Å². The quantitative estimate of drug-likeness (QED) is 0.877. The molecular weight excluding hydrogens is 266 g/mol. The number of nitrogens with zero attached hydrogens (tertiary/aromatic N) is 1. The molecule has 0 fully saturated rings. The Morgan fingerprint density at radius 3 is 2.43 bits per heavy atom. The molecule has 2 rings (SSSR count). The number of nitrogens with one attached hydrogen (secondary N) is 2. The molecule has 0 saturated carbocycles. The SMILES string of the molecule is CC1CC(=O)NN=C1c1ccc(NC(=O)C(C)(C)C)cc1. The van der Waals surface area contributed by atoms with Gasteiger partial charge in [0, 0.05) is 23.4 Å². The van der Waals surface area contributed by atoms with Gasteiger partial charge in [-0.1, -0.05) is 39.8 Å². The third kappa shape index (κ3) is 3.68. The highest BCUT2D eigenvalue weighted by molar-refractivity contribution is 6.06. The third-order valence-corrected chi connectivity index (χ3v) is 3.38. The van der Waals surface area contributed by atoms with Gasteiger partial charge in [0.15, 0.2) is 0 Å². The van der Waals surface area contributed by atoms with Crippen LogP contribution in [0.25, 0.3) is 0 Å². The third-order valence-electron chi connectivity index (χ3n) is 3.38. The Morgan fingerprint density at radius 1 is 1.29 bits per heavy atom. The van der Waals surface area contributed by atoms with E-state index in [1.165, 1.54) is 0 Å². The summed E-state index contributed by atoms with van der Waals surface area (Å²) in [4.78, 5) is 23.2. The number of amides is 2. The molecule has 1 aromatic carbocycles. The van der Waals surface area contributed by atoms with Crippen LogP contribution in [0.1, 0.15) is 39.7 Å². The molecule has 0 radical (unpaired) electrons. The molecule has 0 aliphatic carbocycles. The van der Waals surface area contributed by atoms with E-state index in [4.69, 9.17) is 0 Å². The number of rotatable bonds is 2. The van der Waals surface area contributed by atoms with E-state index in [-0.39, 0.29) is 17.7 Å². The monoisotopic (exact) mass is 287 g/mol. The molecule has 112 valence electrons. The largest absolute Gasteiger partial charge is 0.326 e. The van der Waals surface area contributed by atoms with Crippen molar-refractivity contribution >= 4 is 23.2 Å². The summed E-state index contributed by atoms with van der Waals surface area (Å²) < 4.78 is 0. The normalized spacial score (nSPS) is 18.8. The van der Waals surface area contributed by atoms with Gasteiger partial charge in [0.2, 0.25) is 11.8 Å². The minimum Gasteiger partial charge on any atom is -0.326 e. The van der Waals surface area contributed by atoms with Gasteiger partial charge >= 0.3 is 0 Å². The maximum atomic E-state index is 11.9. The number of benzene rings is 1. The van der Waals surface area contributed by atoms with Gasteiger partial charge in [0.1, 0.15) is 0 Å². The number of carbonyl (C=O) groups is 2. The second-order valence-electron chi connectivity index (χ2n) is 6.42. The Balaban J connectivity index is 2.13. The van der Waals surface area contributed by atoms with Crippen LogP contribution in [0.5, 0.6) is 0 Å². The fourth-order valence-electron chi connectivity index (χ4n) is 2.05. The summed E-state index contributed by atoms with van der Waals surface area (Å²) in [7, 11) is 0. The zero-order chi connectivity index (χ0) is 15.6. The lowest BCUT2D eigenvalue weighted by atomic mass is 9.93. The molecule has 1 unspecified atom stereocenters. The van der Waals surface area contributed by atoms with Crippen molar-refractivity contribution in [3.63, 3.8) is 0 Å². The summed E-state index contributed by atoms with van der Waals surface area (Å²) >= 11 is 0. The molecule has 1 atom stereocenters. The molecule has 5 nitrogen and oxygen atoms in total. The molecule has 1 aliphatic rings. The molecule has 0 aromatic heterocycles. The molecule has 0 bridgehead atoms. The van der Waals surface area contributed by atoms with Crippen LogP contribution in [0.4, 0.5) is 5.69 Å². The van der Waals surface area contributed by atoms with E-state index in [9.17, 15) is 9.59 Å². The minimum absolute atomic E-state index is 0.0223.